The van der Waals surface area contributed by atoms with E-state index in [1.165, 1.54) is 0 Å². The molecule has 1 aromatic rings. The van der Waals surface area contributed by atoms with Crippen LogP contribution in [0.25, 0.3) is 0 Å². The lowest BCUT2D eigenvalue weighted by Crippen LogP contribution is -2.37. The Morgan fingerprint density at radius 3 is 2.40 bits per heavy atom. The minimum absolute atomic E-state index is 0.0472. The molecule has 4 nitrogen and oxygen atoms in total. The molecular formula is C15H21NO3S. The summed E-state index contributed by atoms with van der Waals surface area (Å²) in [5.41, 5.74) is 0.731. The van der Waals surface area contributed by atoms with E-state index in [-0.39, 0.29) is 28.9 Å². The summed E-state index contributed by atoms with van der Waals surface area (Å²) in [7, 11) is -3.55. The average Bonchev–Trinajstić information content (AvgIpc) is 3.05. The molecule has 1 aromatic carbocycles. The summed E-state index contributed by atoms with van der Waals surface area (Å²) in [5.74, 6) is -0.481. The maximum atomic E-state index is 12.0. The van der Waals surface area contributed by atoms with Gasteiger partial charge in [-0.15, -0.1) is 0 Å². The Hall–Kier alpha value is -1.36. The van der Waals surface area contributed by atoms with E-state index >= 15 is 0 Å². The largest absolute Gasteiger partial charge is 0.274 e. The molecule has 1 aliphatic carbocycles. The molecule has 1 amide bonds. The zero-order valence-electron chi connectivity index (χ0n) is 12.1. The Kier molecular flexibility index (Phi) is 3.91. The van der Waals surface area contributed by atoms with Crippen molar-refractivity contribution in [1.29, 1.82) is 0 Å². The van der Waals surface area contributed by atoms with Crippen LogP contribution >= 0.6 is 0 Å². The number of amides is 1. The smallest absolute Gasteiger partial charge is 0.237 e. The molecule has 1 fully saturated rings. The van der Waals surface area contributed by atoms with Crippen LogP contribution in [0.15, 0.2) is 30.3 Å². The molecule has 0 heterocycles. The molecule has 1 N–H and O–H groups in total. The molecule has 1 saturated carbocycles. The first-order chi connectivity index (χ1) is 9.18. The molecule has 0 aliphatic heterocycles. The molecule has 0 aromatic heterocycles. The van der Waals surface area contributed by atoms with Gasteiger partial charge in [-0.3, -0.25) is 9.52 Å². The predicted octanol–water partition coefficient (Wildman–Crippen LogP) is 2.28. The predicted molar refractivity (Wildman–Crippen MR) is 78.7 cm³/mol. The fourth-order valence-electron chi connectivity index (χ4n) is 2.39. The number of benzene rings is 1. The summed E-state index contributed by atoms with van der Waals surface area (Å²) >= 11 is 0. The highest BCUT2D eigenvalue weighted by atomic mass is 32.2. The van der Waals surface area contributed by atoms with Gasteiger partial charge in [-0.2, -0.15) is 0 Å². The number of nitrogens with one attached hydrogen (secondary N) is 1. The Bertz CT molecular complexity index is 587. The minimum Gasteiger partial charge on any atom is -0.274 e. The van der Waals surface area contributed by atoms with Crippen LogP contribution in [0.1, 0.15) is 38.7 Å². The van der Waals surface area contributed by atoms with E-state index < -0.39 is 10.0 Å². The van der Waals surface area contributed by atoms with Crippen molar-refractivity contribution in [2.24, 2.45) is 11.3 Å². The number of carbonyl (C=O) groups excluding carboxylic acids is 1. The molecule has 20 heavy (non-hydrogen) atoms. The Balaban J connectivity index is 1.95. The van der Waals surface area contributed by atoms with Crippen LogP contribution in [0, 0.1) is 11.3 Å². The highest BCUT2D eigenvalue weighted by Gasteiger charge is 2.45. The van der Waals surface area contributed by atoms with Gasteiger partial charge in [0, 0.05) is 5.92 Å². The van der Waals surface area contributed by atoms with Crippen LogP contribution < -0.4 is 4.72 Å². The summed E-state index contributed by atoms with van der Waals surface area (Å²) in [6, 6.07) is 9.73. The van der Waals surface area contributed by atoms with E-state index in [1.807, 2.05) is 51.1 Å². The number of hydrogen-bond donors (Lipinski definition) is 1. The van der Waals surface area contributed by atoms with Gasteiger partial charge in [-0.05, 0) is 23.3 Å². The second-order valence-corrected chi connectivity index (χ2v) is 8.37. The zero-order chi connectivity index (χ0) is 15.0. The molecule has 2 rings (SSSR count). The van der Waals surface area contributed by atoms with Crippen LogP contribution in [0.4, 0.5) is 0 Å². The summed E-state index contributed by atoms with van der Waals surface area (Å²) in [5, 5.41) is 0. The van der Waals surface area contributed by atoms with Crippen molar-refractivity contribution in [3.63, 3.8) is 0 Å². The van der Waals surface area contributed by atoms with Crippen molar-refractivity contribution in [1.82, 2.24) is 4.72 Å². The molecule has 0 spiro atoms. The summed E-state index contributed by atoms with van der Waals surface area (Å²) in [4.78, 5) is 12.0. The van der Waals surface area contributed by atoms with Gasteiger partial charge in [-0.25, -0.2) is 8.42 Å². The van der Waals surface area contributed by atoms with Crippen LogP contribution in [0.5, 0.6) is 0 Å². The lowest BCUT2D eigenvalue weighted by atomic mass is 10.0. The first kappa shape index (κ1) is 15.0. The number of rotatable bonds is 4. The minimum atomic E-state index is -3.55. The molecule has 1 aliphatic rings. The summed E-state index contributed by atoms with van der Waals surface area (Å²) in [6.45, 7) is 5.50. The summed E-state index contributed by atoms with van der Waals surface area (Å²) < 4.78 is 26.0. The SMILES string of the molecule is CC(C)(C)CS(=O)(=O)NC(=O)[C@H]1C[C@@H]1c1ccccc1. The average molecular weight is 295 g/mol. The van der Waals surface area contributed by atoms with Gasteiger partial charge < -0.3 is 0 Å². The van der Waals surface area contributed by atoms with E-state index in [2.05, 4.69) is 4.72 Å². The van der Waals surface area contributed by atoms with E-state index in [0.717, 1.165) is 12.0 Å². The van der Waals surface area contributed by atoms with Gasteiger partial charge in [0.2, 0.25) is 15.9 Å². The third kappa shape index (κ3) is 4.07. The third-order valence-corrected chi connectivity index (χ3v) is 4.99. The lowest BCUT2D eigenvalue weighted by Gasteiger charge is -2.18. The maximum absolute atomic E-state index is 12.0. The van der Waals surface area contributed by atoms with E-state index in [0.29, 0.717) is 0 Å². The van der Waals surface area contributed by atoms with Gasteiger partial charge in [0.1, 0.15) is 0 Å². The van der Waals surface area contributed by atoms with Crippen molar-refractivity contribution in [2.75, 3.05) is 5.75 Å². The molecule has 110 valence electrons. The molecular weight excluding hydrogens is 274 g/mol. The maximum Gasteiger partial charge on any atom is 0.237 e. The van der Waals surface area contributed by atoms with Gasteiger partial charge >= 0.3 is 0 Å². The molecule has 0 saturated heterocycles. The van der Waals surface area contributed by atoms with Crippen molar-refractivity contribution >= 4 is 15.9 Å². The Morgan fingerprint density at radius 2 is 1.85 bits per heavy atom. The Morgan fingerprint density at radius 1 is 1.25 bits per heavy atom. The Labute approximate surface area is 120 Å². The summed E-state index contributed by atoms with van der Waals surface area (Å²) in [6.07, 6.45) is 0.723. The highest BCUT2D eigenvalue weighted by Crippen LogP contribution is 2.47. The van der Waals surface area contributed by atoms with Gasteiger partial charge in [0.25, 0.3) is 0 Å². The van der Waals surface area contributed by atoms with Gasteiger partial charge in [0.15, 0.2) is 0 Å². The fraction of sp³-hybridized carbons (Fsp3) is 0.533. The quantitative estimate of drug-likeness (QED) is 0.927. The lowest BCUT2D eigenvalue weighted by molar-refractivity contribution is -0.120. The second kappa shape index (κ2) is 5.20. The topological polar surface area (TPSA) is 63.2 Å². The first-order valence-corrected chi connectivity index (χ1v) is 8.42. The molecule has 5 heteroatoms. The van der Waals surface area contributed by atoms with Crippen molar-refractivity contribution in [2.45, 2.75) is 33.1 Å². The molecule has 2 atom stereocenters. The normalized spacial score (nSPS) is 22.4. The van der Waals surface area contributed by atoms with Crippen LogP contribution in [-0.2, 0) is 14.8 Å². The standard InChI is InChI=1S/C15H21NO3S/c1-15(2,3)10-20(18,19)16-14(17)13-9-12(13)11-7-5-4-6-8-11/h4-8,12-13H,9-10H2,1-3H3,(H,16,17)/t12-,13+/m1/s1. The number of carbonyl (C=O) groups is 1. The first-order valence-electron chi connectivity index (χ1n) is 6.77. The molecule has 0 unspecified atom stereocenters. The van der Waals surface area contributed by atoms with Crippen molar-refractivity contribution < 1.29 is 13.2 Å². The van der Waals surface area contributed by atoms with E-state index in [9.17, 15) is 13.2 Å². The van der Waals surface area contributed by atoms with Crippen LogP contribution in [0.3, 0.4) is 0 Å². The monoisotopic (exact) mass is 295 g/mol. The molecule has 0 bridgehead atoms. The van der Waals surface area contributed by atoms with Crippen molar-refractivity contribution in [3.8, 4) is 0 Å². The number of sulfonamides is 1. The zero-order valence-corrected chi connectivity index (χ0v) is 12.9. The second-order valence-electron chi connectivity index (χ2n) is 6.65. The van der Waals surface area contributed by atoms with Crippen LogP contribution in [0.2, 0.25) is 0 Å². The van der Waals surface area contributed by atoms with Crippen molar-refractivity contribution in [3.05, 3.63) is 35.9 Å². The van der Waals surface area contributed by atoms with Gasteiger partial charge in [0.05, 0.1) is 5.75 Å². The van der Waals surface area contributed by atoms with E-state index in [4.69, 9.17) is 0 Å². The highest BCUT2D eigenvalue weighted by molar-refractivity contribution is 7.90. The van der Waals surface area contributed by atoms with Crippen LogP contribution in [-0.4, -0.2) is 20.1 Å². The van der Waals surface area contributed by atoms with E-state index in [1.54, 1.807) is 0 Å². The number of hydrogen-bond acceptors (Lipinski definition) is 3. The molecule has 0 radical (unpaired) electrons. The van der Waals surface area contributed by atoms with Gasteiger partial charge in [-0.1, -0.05) is 51.1 Å². The fourth-order valence-corrected chi connectivity index (χ4v) is 4.06. The third-order valence-electron chi connectivity index (χ3n) is 3.23.